The van der Waals surface area contributed by atoms with Crippen LogP contribution in [0.25, 0.3) is 11.3 Å². The molecule has 0 amide bonds. The number of aromatic nitrogens is 4. The average Bonchev–Trinajstić information content (AvgIpc) is 3.09. The summed E-state index contributed by atoms with van der Waals surface area (Å²) in [5.41, 5.74) is 0.877. The molecule has 2 saturated heterocycles. The molecular formula is C16H25N7O2. The molecule has 2 aliphatic heterocycles. The van der Waals surface area contributed by atoms with Gasteiger partial charge in [0.15, 0.2) is 11.6 Å². The van der Waals surface area contributed by atoms with E-state index < -0.39 is 0 Å². The minimum absolute atomic E-state index is 0.199. The SMILES string of the molecule is O[C@@H]1CCCN(CCNc2nc3nonc3nc2N2CCCCC2)C1. The summed E-state index contributed by atoms with van der Waals surface area (Å²) < 4.78 is 4.77. The van der Waals surface area contributed by atoms with Crippen LogP contribution in [0.5, 0.6) is 0 Å². The number of aliphatic hydroxyl groups excluding tert-OH is 1. The molecule has 2 aromatic heterocycles. The molecule has 0 saturated carbocycles. The molecule has 0 aromatic carbocycles. The molecule has 9 nitrogen and oxygen atoms in total. The first-order valence-electron chi connectivity index (χ1n) is 9.19. The second kappa shape index (κ2) is 7.49. The Labute approximate surface area is 146 Å². The van der Waals surface area contributed by atoms with E-state index in [1.54, 1.807) is 0 Å². The number of hydrogen-bond acceptors (Lipinski definition) is 9. The van der Waals surface area contributed by atoms with Gasteiger partial charge in [0.2, 0.25) is 11.3 Å². The fourth-order valence-electron chi connectivity index (χ4n) is 3.64. The zero-order valence-corrected chi connectivity index (χ0v) is 14.4. The Kier molecular flexibility index (Phi) is 4.93. The van der Waals surface area contributed by atoms with Crippen LogP contribution in [-0.2, 0) is 0 Å². The molecule has 25 heavy (non-hydrogen) atoms. The number of piperidine rings is 2. The second-order valence-electron chi connectivity index (χ2n) is 6.88. The normalized spacial score (nSPS) is 22.4. The third-order valence-corrected chi connectivity index (χ3v) is 4.95. The van der Waals surface area contributed by atoms with E-state index in [2.05, 4.69) is 35.4 Å². The molecule has 4 heterocycles. The number of nitrogens with zero attached hydrogens (tertiary/aromatic N) is 6. The number of nitrogens with one attached hydrogen (secondary N) is 1. The summed E-state index contributed by atoms with van der Waals surface area (Å²) in [5, 5.41) is 20.8. The van der Waals surface area contributed by atoms with Gasteiger partial charge < -0.3 is 15.3 Å². The van der Waals surface area contributed by atoms with Crippen molar-refractivity contribution in [3.8, 4) is 0 Å². The molecule has 0 aliphatic carbocycles. The fraction of sp³-hybridized carbons (Fsp3) is 0.750. The van der Waals surface area contributed by atoms with Gasteiger partial charge in [-0.2, -0.15) is 0 Å². The van der Waals surface area contributed by atoms with Crippen LogP contribution in [0.3, 0.4) is 0 Å². The van der Waals surface area contributed by atoms with Crippen molar-refractivity contribution in [1.29, 1.82) is 0 Å². The Morgan fingerprint density at radius 3 is 2.64 bits per heavy atom. The number of β-amino-alcohol motifs (C(OH)–C–C–N with tert-alkyl or cyclic N) is 1. The molecule has 0 bridgehead atoms. The monoisotopic (exact) mass is 347 g/mol. The molecule has 0 radical (unpaired) electrons. The summed E-state index contributed by atoms with van der Waals surface area (Å²) >= 11 is 0. The highest BCUT2D eigenvalue weighted by Gasteiger charge is 2.21. The second-order valence-corrected chi connectivity index (χ2v) is 6.88. The van der Waals surface area contributed by atoms with Gasteiger partial charge in [0, 0.05) is 32.7 Å². The predicted molar refractivity (Wildman–Crippen MR) is 93.6 cm³/mol. The smallest absolute Gasteiger partial charge is 0.245 e. The number of hydrogen-bond donors (Lipinski definition) is 2. The Morgan fingerprint density at radius 1 is 1.04 bits per heavy atom. The summed E-state index contributed by atoms with van der Waals surface area (Å²) in [7, 11) is 0. The lowest BCUT2D eigenvalue weighted by Gasteiger charge is -2.31. The van der Waals surface area contributed by atoms with Gasteiger partial charge >= 0.3 is 0 Å². The molecule has 1 atom stereocenters. The van der Waals surface area contributed by atoms with E-state index in [9.17, 15) is 5.11 Å². The first kappa shape index (κ1) is 16.5. The van der Waals surface area contributed by atoms with Crippen molar-refractivity contribution in [2.24, 2.45) is 0 Å². The first-order valence-corrected chi connectivity index (χ1v) is 9.19. The molecule has 0 spiro atoms. The van der Waals surface area contributed by atoms with E-state index in [1.165, 1.54) is 19.3 Å². The summed E-state index contributed by atoms with van der Waals surface area (Å²) in [6.45, 7) is 5.37. The topological polar surface area (TPSA) is 103 Å². The number of likely N-dealkylation sites (tertiary alicyclic amines) is 1. The predicted octanol–water partition coefficient (Wildman–Crippen LogP) is 0.872. The Bertz CT molecular complexity index is 701. The molecule has 136 valence electrons. The van der Waals surface area contributed by atoms with E-state index in [0.717, 1.165) is 63.7 Å². The van der Waals surface area contributed by atoms with Crippen LogP contribution in [0.1, 0.15) is 32.1 Å². The molecule has 2 N–H and O–H groups in total. The third kappa shape index (κ3) is 3.82. The number of anilines is 2. The third-order valence-electron chi connectivity index (χ3n) is 4.95. The van der Waals surface area contributed by atoms with Crippen LogP contribution in [-0.4, -0.2) is 75.7 Å². The maximum absolute atomic E-state index is 9.79. The minimum Gasteiger partial charge on any atom is -0.392 e. The van der Waals surface area contributed by atoms with Crippen molar-refractivity contribution >= 4 is 22.9 Å². The first-order chi connectivity index (χ1) is 12.3. The van der Waals surface area contributed by atoms with Crippen molar-refractivity contribution in [2.45, 2.75) is 38.2 Å². The minimum atomic E-state index is -0.199. The van der Waals surface area contributed by atoms with Crippen LogP contribution in [0.2, 0.25) is 0 Å². The average molecular weight is 347 g/mol. The molecule has 2 fully saturated rings. The molecule has 2 aromatic rings. The van der Waals surface area contributed by atoms with Crippen molar-refractivity contribution in [3.63, 3.8) is 0 Å². The summed E-state index contributed by atoms with van der Waals surface area (Å²) in [4.78, 5) is 13.7. The number of aliphatic hydroxyl groups is 1. The molecular weight excluding hydrogens is 322 g/mol. The zero-order valence-electron chi connectivity index (χ0n) is 14.4. The van der Waals surface area contributed by atoms with E-state index in [0.29, 0.717) is 11.3 Å². The number of rotatable bonds is 5. The largest absolute Gasteiger partial charge is 0.392 e. The molecule has 2 aliphatic rings. The van der Waals surface area contributed by atoms with Gasteiger partial charge in [-0.15, -0.1) is 0 Å². The molecule has 4 rings (SSSR count). The van der Waals surface area contributed by atoms with Gasteiger partial charge in [-0.25, -0.2) is 14.6 Å². The lowest BCUT2D eigenvalue weighted by Crippen LogP contribution is -2.40. The molecule has 0 unspecified atom stereocenters. The Balaban J connectivity index is 1.46. The quantitative estimate of drug-likeness (QED) is 0.815. The van der Waals surface area contributed by atoms with E-state index in [4.69, 9.17) is 4.63 Å². The van der Waals surface area contributed by atoms with Crippen molar-refractivity contribution < 1.29 is 9.74 Å². The van der Waals surface area contributed by atoms with Gasteiger partial charge in [0.1, 0.15) is 0 Å². The highest BCUT2D eigenvalue weighted by Crippen LogP contribution is 2.26. The summed E-state index contributed by atoms with van der Waals surface area (Å²) in [5.74, 6) is 1.57. The van der Waals surface area contributed by atoms with Crippen LogP contribution >= 0.6 is 0 Å². The van der Waals surface area contributed by atoms with Crippen molar-refractivity contribution in [3.05, 3.63) is 0 Å². The molecule has 9 heteroatoms. The van der Waals surface area contributed by atoms with Gasteiger partial charge in [-0.05, 0) is 49.0 Å². The summed E-state index contributed by atoms with van der Waals surface area (Å²) in [6, 6.07) is 0. The van der Waals surface area contributed by atoms with Crippen LogP contribution in [0.15, 0.2) is 4.63 Å². The summed E-state index contributed by atoms with van der Waals surface area (Å²) in [6.07, 6.45) is 5.36. The van der Waals surface area contributed by atoms with Crippen LogP contribution < -0.4 is 10.2 Å². The van der Waals surface area contributed by atoms with Gasteiger partial charge in [-0.3, -0.25) is 4.90 Å². The lowest BCUT2D eigenvalue weighted by molar-refractivity contribution is 0.0730. The van der Waals surface area contributed by atoms with Crippen LogP contribution in [0, 0.1) is 0 Å². The number of fused-ring (bicyclic) bond motifs is 1. The zero-order chi connectivity index (χ0) is 17.1. The van der Waals surface area contributed by atoms with E-state index in [-0.39, 0.29) is 6.10 Å². The standard InChI is InChI=1S/C16H25N7O2/c24-12-5-4-7-22(11-12)10-6-17-15-16(23-8-2-1-3-9-23)19-14-13(18-15)20-25-21-14/h12,24H,1-11H2,(H,17,18,20)/t12-/m1/s1. The van der Waals surface area contributed by atoms with Gasteiger partial charge in [0.25, 0.3) is 0 Å². The lowest BCUT2D eigenvalue weighted by atomic mass is 10.1. The maximum Gasteiger partial charge on any atom is 0.245 e. The van der Waals surface area contributed by atoms with E-state index in [1.807, 2.05) is 0 Å². The van der Waals surface area contributed by atoms with Gasteiger partial charge in [0.05, 0.1) is 6.10 Å². The fourth-order valence-corrected chi connectivity index (χ4v) is 3.64. The maximum atomic E-state index is 9.79. The Morgan fingerprint density at radius 2 is 1.84 bits per heavy atom. The highest BCUT2D eigenvalue weighted by molar-refractivity contribution is 5.74. The van der Waals surface area contributed by atoms with E-state index >= 15 is 0 Å². The van der Waals surface area contributed by atoms with Crippen molar-refractivity contribution in [1.82, 2.24) is 25.2 Å². The van der Waals surface area contributed by atoms with Crippen LogP contribution in [0.4, 0.5) is 11.6 Å². The highest BCUT2D eigenvalue weighted by atomic mass is 16.6. The van der Waals surface area contributed by atoms with Crippen molar-refractivity contribution in [2.75, 3.05) is 49.5 Å². The van der Waals surface area contributed by atoms with Gasteiger partial charge in [-0.1, -0.05) is 0 Å². The Hall–Kier alpha value is -2.00.